The highest BCUT2D eigenvalue weighted by atomic mass is 79.9. The molecule has 0 saturated carbocycles. The van der Waals surface area contributed by atoms with Crippen LogP contribution < -0.4 is 5.32 Å². The van der Waals surface area contributed by atoms with Gasteiger partial charge in [0.15, 0.2) is 0 Å². The van der Waals surface area contributed by atoms with E-state index in [4.69, 9.17) is 0 Å². The van der Waals surface area contributed by atoms with Gasteiger partial charge in [0.25, 0.3) is 5.91 Å². The molecule has 0 bridgehead atoms. The summed E-state index contributed by atoms with van der Waals surface area (Å²) in [6.45, 7) is 1.96. The summed E-state index contributed by atoms with van der Waals surface area (Å²) in [5.74, 6) is -0.136. The number of carbonyl (C=O) groups excluding carboxylic acids is 1. The number of amides is 1. The van der Waals surface area contributed by atoms with Crippen molar-refractivity contribution in [2.24, 2.45) is 0 Å². The van der Waals surface area contributed by atoms with Crippen LogP contribution in [0.1, 0.15) is 15.9 Å². The maximum absolute atomic E-state index is 12.3. The molecule has 100 valence electrons. The number of hydrogen-bond donors (Lipinski definition) is 2. The van der Waals surface area contributed by atoms with Crippen LogP contribution in [-0.2, 0) is 0 Å². The number of benzene rings is 2. The van der Waals surface area contributed by atoms with Crippen molar-refractivity contribution in [1.82, 2.24) is 10.2 Å². The van der Waals surface area contributed by atoms with Crippen LogP contribution in [0.5, 0.6) is 0 Å². The summed E-state index contributed by atoms with van der Waals surface area (Å²) in [4.78, 5) is 12.3. The number of anilines is 1. The van der Waals surface area contributed by atoms with E-state index in [-0.39, 0.29) is 5.91 Å². The minimum atomic E-state index is -0.136. The van der Waals surface area contributed by atoms with Crippen molar-refractivity contribution in [1.29, 1.82) is 0 Å². The number of nitrogens with one attached hydrogen (secondary N) is 2. The monoisotopic (exact) mass is 329 g/mol. The van der Waals surface area contributed by atoms with E-state index in [0.717, 1.165) is 26.6 Å². The molecule has 3 aromatic rings. The lowest BCUT2D eigenvalue weighted by Gasteiger charge is -2.08. The van der Waals surface area contributed by atoms with E-state index in [0.29, 0.717) is 5.56 Å². The Bertz CT molecular complexity index is 795. The van der Waals surface area contributed by atoms with Gasteiger partial charge < -0.3 is 5.32 Å². The van der Waals surface area contributed by atoms with Crippen LogP contribution in [0.25, 0.3) is 10.9 Å². The zero-order valence-corrected chi connectivity index (χ0v) is 12.4. The van der Waals surface area contributed by atoms with Gasteiger partial charge in [0.2, 0.25) is 0 Å². The highest BCUT2D eigenvalue weighted by Gasteiger charge is 2.11. The largest absolute Gasteiger partial charge is 0.322 e. The highest BCUT2D eigenvalue weighted by molar-refractivity contribution is 9.10. The van der Waals surface area contributed by atoms with Gasteiger partial charge in [-0.3, -0.25) is 9.89 Å². The minimum absolute atomic E-state index is 0.136. The maximum Gasteiger partial charge on any atom is 0.256 e. The molecular weight excluding hydrogens is 318 g/mol. The van der Waals surface area contributed by atoms with Crippen molar-refractivity contribution in [3.05, 3.63) is 58.2 Å². The molecule has 4 nitrogen and oxygen atoms in total. The topological polar surface area (TPSA) is 57.8 Å². The first-order valence-electron chi connectivity index (χ1n) is 6.15. The molecule has 0 aliphatic heterocycles. The van der Waals surface area contributed by atoms with Crippen LogP contribution in [0.4, 0.5) is 5.69 Å². The first-order chi connectivity index (χ1) is 9.65. The number of carbonyl (C=O) groups is 1. The van der Waals surface area contributed by atoms with Gasteiger partial charge in [-0.25, -0.2) is 0 Å². The van der Waals surface area contributed by atoms with Gasteiger partial charge in [-0.05, 0) is 52.7 Å². The fourth-order valence-electron chi connectivity index (χ4n) is 2.04. The SMILES string of the molecule is Cc1cccc(C(=O)Nc2ccc3[nH]ncc3c2)c1Br. The predicted molar refractivity (Wildman–Crippen MR) is 82.9 cm³/mol. The molecule has 1 amide bonds. The third-order valence-electron chi connectivity index (χ3n) is 3.13. The van der Waals surface area contributed by atoms with Gasteiger partial charge in [0.1, 0.15) is 0 Å². The summed E-state index contributed by atoms with van der Waals surface area (Å²) in [5, 5.41) is 10.7. The molecule has 0 atom stereocenters. The zero-order chi connectivity index (χ0) is 14.1. The Kier molecular flexibility index (Phi) is 3.28. The predicted octanol–water partition coefficient (Wildman–Crippen LogP) is 3.89. The molecule has 0 unspecified atom stereocenters. The van der Waals surface area contributed by atoms with Gasteiger partial charge >= 0.3 is 0 Å². The van der Waals surface area contributed by atoms with Crippen molar-refractivity contribution in [3.8, 4) is 0 Å². The number of H-pyrrole nitrogens is 1. The summed E-state index contributed by atoms with van der Waals surface area (Å²) in [7, 11) is 0. The third kappa shape index (κ3) is 2.32. The molecule has 2 N–H and O–H groups in total. The highest BCUT2D eigenvalue weighted by Crippen LogP contribution is 2.23. The summed E-state index contributed by atoms with van der Waals surface area (Å²) in [5.41, 5.74) is 3.34. The van der Waals surface area contributed by atoms with E-state index in [1.165, 1.54) is 0 Å². The Balaban J connectivity index is 1.90. The number of hydrogen-bond acceptors (Lipinski definition) is 2. The second-order valence-corrected chi connectivity index (χ2v) is 5.36. The molecule has 0 saturated heterocycles. The summed E-state index contributed by atoms with van der Waals surface area (Å²) >= 11 is 3.45. The first kappa shape index (κ1) is 12.9. The van der Waals surface area contributed by atoms with E-state index >= 15 is 0 Å². The summed E-state index contributed by atoms with van der Waals surface area (Å²) in [6.07, 6.45) is 1.73. The fraction of sp³-hybridized carbons (Fsp3) is 0.0667. The van der Waals surface area contributed by atoms with Gasteiger partial charge in [-0.2, -0.15) is 5.10 Å². The maximum atomic E-state index is 12.3. The van der Waals surface area contributed by atoms with Gasteiger partial charge in [-0.1, -0.05) is 12.1 Å². The molecule has 0 spiro atoms. The normalized spacial score (nSPS) is 10.7. The standard InChI is InChI=1S/C15H12BrN3O/c1-9-3-2-4-12(14(9)16)15(20)18-11-5-6-13-10(7-11)8-17-19-13/h2-8H,1H3,(H,17,19)(H,18,20). The van der Waals surface area contributed by atoms with Gasteiger partial charge in [0.05, 0.1) is 17.3 Å². The molecule has 1 aromatic heterocycles. The van der Waals surface area contributed by atoms with E-state index < -0.39 is 0 Å². The molecule has 1 heterocycles. The van der Waals surface area contributed by atoms with Crippen molar-refractivity contribution < 1.29 is 4.79 Å². The van der Waals surface area contributed by atoms with E-state index in [2.05, 4.69) is 31.4 Å². The Labute approximate surface area is 124 Å². The second-order valence-electron chi connectivity index (χ2n) is 4.56. The van der Waals surface area contributed by atoms with Crippen molar-refractivity contribution in [3.63, 3.8) is 0 Å². The number of fused-ring (bicyclic) bond motifs is 1. The first-order valence-corrected chi connectivity index (χ1v) is 6.94. The van der Waals surface area contributed by atoms with Crippen LogP contribution in [0.15, 0.2) is 47.1 Å². The molecule has 0 aliphatic rings. The average Bonchev–Trinajstić information content (AvgIpc) is 2.89. The van der Waals surface area contributed by atoms with Crippen molar-refractivity contribution >= 4 is 38.4 Å². The number of rotatable bonds is 2. The van der Waals surface area contributed by atoms with E-state index in [1.54, 1.807) is 12.3 Å². The Morgan fingerprint density at radius 2 is 2.15 bits per heavy atom. The van der Waals surface area contributed by atoms with Gasteiger partial charge in [0, 0.05) is 15.5 Å². The Morgan fingerprint density at radius 3 is 3.00 bits per heavy atom. The molecule has 20 heavy (non-hydrogen) atoms. The molecule has 3 rings (SSSR count). The van der Waals surface area contributed by atoms with E-state index in [9.17, 15) is 4.79 Å². The Morgan fingerprint density at radius 1 is 1.30 bits per heavy atom. The lowest BCUT2D eigenvalue weighted by atomic mass is 10.1. The zero-order valence-electron chi connectivity index (χ0n) is 10.8. The summed E-state index contributed by atoms with van der Waals surface area (Å²) in [6, 6.07) is 11.3. The quantitative estimate of drug-likeness (QED) is 0.749. The molecule has 5 heteroatoms. The second kappa shape index (κ2) is 5.09. The molecule has 0 radical (unpaired) electrons. The number of nitrogens with zero attached hydrogens (tertiary/aromatic N) is 1. The lowest BCUT2D eigenvalue weighted by molar-refractivity contribution is 0.102. The lowest BCUT2D eigenvalue weighted by Crippen LogP contribution is -2.12. The molecule has 0 fully saturated rings. The van der Waals surface area contributed by atoms with E-state index in [1.807, 2.05) is 37.3 Å². The van der Waals surface area contributed by atoms with Crippen molar-refractivity contribution in [2.45, 2.75) is 6.92 Å². The third-order valence-corrected chi connectivity index (χ3v) is 4.19. The summed E-state index contributed by atoms with van der Waals surface area (Å²) < 4.78 is 0.821. The van der Waals surface area contributed by atoms with Gasteiger partial charge in [-0.15, -0.1) is 0 Å². The molecule has 2 aromatic carbocycles. The smallest absolute Gasteiger partial charge is 0.256 e. The van der Waals surface area contributed by atoms with Crippen molar-refractivity contribution in [2.75, 3.05) is 5.32 Å². The average molecular weight is 330 g/mol. The van der Waals surface area contributed by atoms with Crippen LogP contribution in [0.3, 0.4) is 0 Å². The number of aromatic amines is 1. The molecule has 0 aliphatic carbocycles. The van der Waals surface area contributed by atoms with Crippen LogP contribution >= 0.6 is 15.9 Å². The molecular formula is C15H12BrN3O. The minimum Gasteiger partial charge on any atom is -0.322 e. The number of aromatic nitrogens is 2. The Hall–Kier alpha value is -2.14. The van der Waals surface area contributed by atoms with Crippen LogP contribution in [0.2, 0.25) is 0 Å². The number of halogens is 1. The van der Waals surface area contributed by atoms with Crippen LogP contribution in [0, 0.1) is 6.92 Å². The number of aryl methyl sites for hydroxylation is 1. The fourth-order valence-corrected chi connectivity index (χ4v) is 2.49. The van der Waals surface area contributed by atoms with Crippen LogP contribution in [-0.4, -0.2) is 16.1 Å².